The third-order valence-corrected chi connectivity index (χ3v) is 5.64. The van der Waals surface area contributed by atoms with Gasteiger partial charge >= 0.3 is 0 Å². The Kier molecular flexibility index (Phi) is 4.47. The molecular formula is C20H24N2O3. The Morgan fingerprint density at radius 1 is 1.28 bits per heavy atom. The van der Waals surface area contributed by atoms with Gasteiger partial charge in [-0.2, -0.15) is 0 Å². The summed E-state index contributed by atoms with van der Waals surface area (Å²) in [4.78, 5) is 16.9. The number of nitrogens with one attached hydrogen (secondary N) is 1. The normalized spacial score (nSPS) is 24.4. The monoisotopic (exact) mass is 340 g/mol. The number of amides is 1. The van der Waals surface area contributed by atoms with Gasteiger partial charge in [0.2, 0.25) is 11.8 Å². The highest BCUT2D eigenvalue weighted by Crippen LogP contribution is 2.48. The van der Waals surface area contributed by atoms with E-state index in [-0.39, 0.29) is 11.8 Å². The number of methoxy groups -OCH3 is 1. The first-order valence-corrected chi connectivity index (χ1v) is 9.09. The van der Waals surface area contributed by atoms with Crippen molar-refractivity contribution in [1.29, 1.82) is 0 Å². The zero-order valence-corrected chi connectivity index (χ0v) is 14.5. The molecule has 1 amide bonds. The van der Waals surface area contributed by atoms with Gasteiger partial charge in [-0.25, -0.2) is 4.98 Å². The fraction of sp³-hybridized carbons (Fsp3) is 0.500. The Morgan fingerprint density at radius 2 is 2.12 bits per heavy atom. The molecule has 2 fully saturated rings. The lowest BCUT2D eigenvalue weighted by atomic mass is 9.88. The number of oxazole rings is 1. The van der Waals surface area contributed by atoms with Gasteiger partial charge in [0.15, 0.2) is 0 Å². The Balaban J connectivity index is 1.28. The Morgan fingerprint density at radius 3 is 2.80 bits per heavy atom. The first-order chi connectivity index (χ1) is 12.2. The lowest BCUT2D eigenvalue weighted by molar-refractivity contribution is -0.126. The summed E-state index contributed by atoms with van der Waals surface area (Å²) in [6.07, 6.45) is 7.25. The molecule has 2 aliphatic carbocycles. The number of ether oxygens (including phenoxy) is 1. The van der Waals surface area contributed by atoms with Gasteiger partial charge in [0.05, 0.1) is 12.8 Å². The van der Waals surface area contributed by atoms with Gasteiger partial charge in [-0.05, 0) is 55.4 Å². The van der Waals surface area contributed by atoms with Crippen molar-refractivity contribution in [2.75, 3.05) is 13.7 Å². The van der Waals surface area contributed by atoms with Crippen molar-refractivity contribution >= 4 is 5.91 Å². The van der Waals surface area contributed by atoms with Gasteiger partial charge in [0.25, 0.3) is 0 Å². The van der Waals surface area contributed by atoms with Crippen molar-refractivity contribution in [3.05, 3.63) is 36.2 Å². The zero-order valence-electron chi connectivity index (χ0n) is 14.5. The van der Waals surface area contributed by atoms with Gasteiger partial charge in [-0.1, -0.05) is 6.42 Å². The molecule has 132 valence electrons. The van der Waals surface area contributed by atoms with Crippen LogP contribution < -0.4 is 10.1 Å². The summed E-state index contributed by atoms with van der Waals surface area (Å²) in [5.74, 6) is 3.29. The summed E-state index contributed by atoms with van der Waals surface area (Å²) >= 11 is 0. The second kappa shape index (κ2) is 6.90. The van der Waals surface area contributed by atoms with Crippen molar-refractivity contribution in [3.63, 3.8) is 0 Å². The lowest BCUT2D eigenvalue weighted by Gasteiger charge is -2.20. The maximum absolute atomic E-state index is 12.3. The van der Waals surface area contributed by atoms with Crippen LogP contribution in [0.5, 0.6) is 5.75 Å². The van der Waals surface area contributed by atoms with Crippen LogP contribution in [0.3, 0.4) is 0 Å². The smallest absolute Gasteiger partial charge is 0.226 e. The van der Waals surface area contributed by atoms with Crippen molar-refractivity contribution < 1.29 is 13.9 Å². The van der Waals surface area contributed by atoms with E-state index in [9.17, 15) is 4.79 Å². The van der Waals surface area contributed by atoms with E-state index in [4.69, 9.17) is 9.15 Å². The number of carbonyl (C=O) groups is 1. The zero-order chi connectivity index (χ0) is 17.2. The molecular weight excluding hydrogens is 316 g/mol. The van der Waals surface area contributed by atoms with Crippen LogP contribution in [0.1, 0.15) is 31.4 Å². The molecule has 1 aromatic heterocycles. The highest BCUT2D eigenvalue weighted by Gasteiger charge is 2.42. The van der Waals surface area contributed by atoms with E-state index in [1.54, 1.807) is 13.4 Å². The first-order valence-electron chi connectivity index (χ1n) is 9.09. The molecule has 1 heterocycles. The molecule has 25 heavy (non-hydrogen) atoms. The second-order valence-corrected chi connectivity index (χ2v) is 7.19. The van der Waals surface area contributed by atoms with Crippen LogP contribution in [0.25, 0.3) is 11.5 Å². The average Bonchev–Trinajstić information content (AvgIpc) is 3.38. The fourth-order valence-electron chi connectivity index (χ4n) is 4.30. The van der Waals surface area contributed by atoms with E-state index in [2.05, 4.69) is 10.3 Å². The first kappa shape index (κ1) is 16.2. The maximum atomic E-state index is 12.3. The quantitative estimate of drug-likeness (QED) is 0.875. The Bertz CT molecular complexity index is 738. The number of benzene rings is 1. The molecule has 5 heteroatoms. The third kappa shape index (κ3) is 3.41. The van der Waals surface area contributed by atoms with E-state index < -0.39 is 0 Å². The van der Waals surface area contributed by atoms with Crippen LogP contribution in [-0.4, -0.2) is 24.5 Å². The predicted octanol–water partition coefficient (Wildman–Crippen LogP) is 3.45. The Labute approximate surface area is 147 Å². The molecule has 0 saturated heterocycles. The summed E-state index contributed by atoms with van der Waals surface area (Å²) in [5, 5.41) is 3.08. The Hall–Kier alpha value is -2.30. The summed E-state index contributed by atoms with van der Waals surface area (Å²) in [6, 6.07) is 7.61. The molecule has 4 rings (SSSR count). The highest BCUT2D eigenvalue weighted by molar-refractivity contribution is 5.79. The number of rotatable bonds is 6. The second-order valence-electron chi connectivity index (χ2n) is 7.19. The molecule has 0 radical (unpaired) electrons. The summed E-state index contributed by atoms with van der Waals surface area (Å²) in [5.41, 5.74) is 1.78. The third-order valence-electron chi connectivity index (χ3n) is 5.64. The molecule has 1 aromatic carbocycles. The van der Waals surface area contributed by atoms with Gasteiger partial charge in [0, 0.05) is 24.4 Å². The van der Waals surface area contributed by atoms with Crippen molar-refractivity contribution in [3.8, 4) is 17.2 Å². The molecule has 5 nitrogen and oxygen atoms in total. The van der Waals surface area contributed by atoms with Crippen LogP contribution in [0.2, 0.25) is 0 Å². The topological polar surface area (TPSA) is 64.4 Å². The average molecular weight is 340 g/mol. The predicted molar refractivity (Wildman–Crippen MR) is 94.1 cm³/mol. The molecule has 2 saturated carbocycles. The van der Waals surface area contributed by atoms with E-state index in [1.807, 2.05) is 24.3 Å². The molecule has 2 bridgehead atoms. The van der Waals surface area contributed by atoms with Gasteiger partial charge in [-0.3, -0.25) is 4.79 Å². The van der Waals surface area contributed by atoms with E-state index in [0.29, 0.717) is 24.8 Å². The lowest BCUT2D eigenvalue weighted by Crippen LogP contribution is -2.34. The minimum absolute atomic E-state index is 0.228. The molecule has 0 aliphatic heterocycles. The molecule has 2 aromatic rings. The standard InChI is InChI=1S/C20H24N2O3/c1-24-17-6-4-14(5-7-17)20-22-16(12-25-20)8-9-21-19(23)18-11-13-2-3-15(18)10-13/h4-7,12-13,15,18H,2-3,8-11H2,1H3,(H,21,23)/t13-,15-,18+/m0/s1. The minimum Gasteiger partial charge on any atom is -0.497 e. The summed E-state index contributed by atoms with van der Waals surface area (Å²) < 4.78 is 10.7. The maximum Gasteiger partial charge on any atom is 0.226 e. The van der Waals surface area contributed by atoms with Gasteiger partial charge in [-0.15, -0.1) is 0 Å². The van der Waals surface area contributed by atoms with Gasteiger partial charge in [0.1, 0.15) is 12.0 Å². The molecule has 0 spiro atoms. The number of aromatic nitrogens is 1. The number of fused-ring (bicyclic) bond motifs is 2. The fourth-order valence-corrected chi connectivity index (χ4v) is 4.30. The number of carbonyl (C=O) groups excluding carboxylic acids is 1. The van der Waals surface area contributed by atoms with Crippen LogP contribution >= 0.6 is 0 Å². The van der Waals surface area contributed by atoms with E-state index >= 15 is 0 Å². The van der Waals surface area contributed by atoms with Crippen molar-refractivity contribution in [2.24, 2.45) is 17.8 Å². The number of nitrogens with zero attached hydrogens (tertiary/aromatic N) is 1. The highest BCUT2D eigenvalue weighted by atomic mass is 16.5. The van der Waals surface area contributed by atoms with E-state index in [0.717, 1.165) is 29.3 Å². The number of hydrogen-bond donors (Lipinski definition) is 1. The van der Waals surface area contributed by atoms with Crippen molar-refractivity contribution in [2.45, 2.75) is 32.1 Å². The molecule has 1 N–H and O–H groups in total. The number of hydrogen-bond acceptors (Lipinski definition) is 4. The van der Waals surface area contributed by atoms with Crippen LogP contribution in [0.15, 0.2) is 34.9 Å². The summed E-state index contributed by atoms with van der Waals surface area (Å²) in [6.45, 7) is 0.612. The van der Waals surface area contributed by atoms with Crippen molar-refractivity contribution in [1.82, 2.24) is 10.3 Å². The largest absolute Gasteiger partial charge is 0.497 e. The molecule has 0 unspecified atom stereocenters. The van der Waals surface area contributed by atoms with E-state index in [1.165, 1.54) is 19.3 Å². The minimum atomic E-state index is 0.228. The van der Waals surface area contributed by atoms with Crippen LogP contribution in [0, 0.1) is 17.8 Å². The van der Waals surface area contributed by atoms with Crippen LogP contribution in [-0.2, 0) is 11.2 Å². The molecule has 3 atom stereocenters. The molecule has 2 aliphatic rings. The SMILES string of the molecule is COc1ccc(-c2nc(CCNC(=O)[C@@H]3C[C@H]4CC[C@H]3C4)co2)cc1. The van der Waals surface area contributed by atoms with Gasteiger partial charge < -0.3 is 14.5 Å². The summed E-state index contributed by atoms with van der Waals surface area (Å²) in [7, 11) is 1.64. The van der Waals surface area contributed by atoms with Crippen LogP contribution in [0.4, 0.5) is 0 Å².